The highest BCUT2D eigenvalue weighted by Crippen LogP contribution is 2.34. The molecule has 2 rings (SSSR count). The molecule has 1 aliphatic rings. The maximum absolute atomic E-state index is 11.4. The summed E-state index contributed by atoms with van der Waals surface area (Å²) >= 11 is 1.12. The van der Waals surface area contributed by atoms with E-state index in [-0.39, 0.29) is 11.3 Å². The highest BCUT2D eigenvalue weighted by Gasteiger charge is 2.36. The molecule has 0 spiro atoms. The Labute approximate surface area is 91.4 Å². The van der Waals surface area contributed by atoms with Crippen LogP contribution in [0.25, 0.3) is 0 Å². The van der Waals surface area contributed by atoms with E-state index in [0.29, 0.717) is 5.75 Å². The molecular formula is C10H10N2O2S. The fourth-order valence-electron chi connectivity index (χ4n) is 1.59. The number of primary amides is 1. The predicted molar refractivity (Wildman–Crippen MR) is 58.5 cm³/mol. The maximum atomic E-state index is 11.4. The molecule has 1 unspecified atom stereocenters. The monoisotopic (exact) mass is 222 g/mol. The van der Waals surface area contributed by atoms with Crippen LogP contribution in [0.3, 0.4) is 0 Å². The minimum absolute atomic E-state index is 0.221. The van der Waals surface area contributed by atoms with E-state index in [2.05, 4.69) is 0 Å². The Kier molecular flexibility index (Phi) is 2.64. The quantitative estimate of drug-likeness (QED) is 0.790. The van der Waals surface area contributed by atoms with Crippen LogP contribution < -0.4 is 5.73 Å². The number of hydrogen-bond donors (Lipinski definition) is 1. The van der Waals surface area contributed by atoms with Gasteiger partial charge in [-0.2, -0.15) is 0 Å². The largest absolute Gasteiger partial charge is 0.351 e. The van der Waals surface area contributed by atoms with Crippen molar-refractivity contribution in [3.8, 4) is 0 Å². The van der Waals surface area contributed by atoms with Crippen LogP contribution in [0.4, 0.5) is 9.59 Å². The van der Waals surface area contributed by atoms with E-state index >= 15 is 0 Å². The summed E-state index contributed by atoms with van der Waals surface area (Å²) in [5.74, 6) is 0.575. The molecule has 0 aliphatic carbocycles. The summed E-state index contributed by atoms with van der Waals surface area (Å²) in [5.41, 5.74) is 6.11. The van der Waals surface area contributed by atoms with E-state index in [1.807, 2.05) is 30.3 Å². The highest BCUT2D eigenvalue weighted by atomic mass is 32.2. The van der Waals surface area contributed by atoms with Crippen molar-refractivity contribution >= 4 is 23.0 Å². The number of thioether (sulfide) groups is 1. The van der Waals surface area contributed by atoms with Gasteiger partial charge in [0.15, 0.2) is 0 Å². The van der Waals surface area contributed by atoms with Gasteiger partial charge in [-0.25, -0.2) is 9.69 Å². The second-order valence-corrected chi connectivity index (χ2v) is 4.18. The first-order chi connectivity index (χ1) is 7.20. The Balaban J connectivity index is 2.30. The Morgan fingerprint density at radius 2 is 2.07 bits per heavy atom. The van der Waals surface area contributed by atoms with Gasteiger partial charge in [0.05, 0.1) is 6.04 Å². The number of carbonyl (C=O) groups is 2. The van der Waals surface area contributed by atoms with Crippen LogP contribution in [0.2, 0.25) is 0 Å². The third kappa shape index (κ3) is 1.83. The number of imide groups is 1. The van der Waals surface area contributed by atoms with Gasteiger partial charge in [-0.3, -0.25) is 4.79 Å². The molecule has 0 radical (unpaired) electrons. The molecule has 0 saturated carbocycles. The van der Waals surface area contributed by atoms with Gasteiger partial charge < -0.3 is 5.73 Å². The second kappa shape index (κ2) is 3.94. The van der Waals surface area contributed by atoms with Crippen molar-refractivity contribution in [2.75, 3.05) is 5.75 Å². The van der Waals surface area contributed by atoms with Crippen LogP contribution in [0, 0.1) is 0 Å². The molecule has 15 heavy (non-hydrogen) atoms. The highest BCUT2D eigenvalue weighted by molar-refractivity contribution is 8.13. The van der Waals surface area contributed by atoms with Gasteiger partial charge in [0, 0.05) is 5.75 Å². The predicted octanol–water partition coefficient (Wildman–Crippen LogP) is 1.98. The number of nitrogens with zero attached hydrogens (tertiary/aromatic N) is 1. The molecule has 1 aliphatic heterocycles. The molecule has 1 aromatic rings. The lowest BCUT2D eigenvalue weighted by Gasteiger charge is -2.19. The number of amides is 3. The lowest BCUT2D eigenvalue weighted by atomic mass is 10.1. The fraction of sp³-hybridized carbons (Fsp3) is 0.200. The van der Waals surface area contributed by atoms with Crippen molar-refractivity contribution in [2.24, 2.45) is 5.73 Å². The molecule has 1 fully saturated rings. The third-order valence-electron chi connectivity index (χ3n) is 2.29. The number of carbonyl (C=O) groups excluding carboxylic acids is 2. The molecule has 78 valence electrons. The first kappa shape index (κ1) is 10.0. The summed E-state index contributed by atoms with van der Waals surface area (Å²) in [5, 5.41) is -0.267. The average molecular weight is 222 g/mol. The van der Waals surface area contributed by atoms with Gasteiger partial charge in [0.25, 0.3) is 5.24 Å². The average Bonchev–Trinajstić information content (AvgIpc) is 2.61. The molecule has 0 aromatic heterocycles. The fourth-order valence-corrected chi connectivity index (χ4v) is 2.58. The molecule has 1 aromatic carbocycles. The molecule has 1 saturated heterocycles. The standard InChI is InChI=1S/C10H10N2O2S/c11-9(13)12-8(6-15-10(12)14)7-4-2-1-3-5-7/h1-5,8H,6H2,(H2,11,13). The molecule has 1 heterocycles. The summed E-state index contributed by atoms with van der Waals surface area (Å²) in [6.45, 7) is 0. The second-order valence-electron chi connectivity index (χ2n) is 3.21. The van der Waals surface area contributed by atoms with Crippen LogP contribution in [0.15, 0.2) is 30.3 Å². The Morgan fingerprint density at radius 3 is 2.67 bits per heavy atom. The SMILES string of the molecule is NC(=O)N1C(=O)SCC1c1ccccc1. The zero-order valence-electron chi connectivity index (χ0n) is 7.92. The van der Waals surface area contributed by atoms with E-state index in [9.17, 15) is 9.59 Å². The van der Waals surface area contributed by atoms with Gasteiger partial charge in [0.2, 0.25) is 0 Å². The van der Waals surface area contributed by atoms with Crippen LogP contribution in [0.5, 0.6) is 0 Å². The zero-order valence-corrected chi connectivity index (χ0v) is 8.74. The molecule has 2 N–H and O–H groups in total. The van der Waals surface area contributed by atoms with Gasteiger partial charge in [-0.1, -0.05) is 42.1 Å². The minimum atomic E-state index is -0.682. The van der Waals surface area contributed by atoms with Crippen LogP contribution in [-0.2, 0) is 0 Å². The van der Waals surface area contributed by atoms with Crippen molar-refractivity contribution in [3.63, 3.8) is 0 Å². The number of urea groups is 1. The topological polar surface area (TPSA) is 63.4 Å². The summed E-state index contributed by atoms with van der Waals surface area (Å²) < 4.78 is 0. The zero-order chi connectivity index (χ0) is 10.8. The maximum Gasteiger partial charge on any atom is 0.322 e. The normalized spacial score (nSPS) is 20.7. The van der Waals surface area contributed by atoms with Gasteiger partial charge >= 0.3 is 6.03 Å². The van der Waals surface area contributed by atoms with E-state index in [0.717, 1.165) is 22.2 Å². The van der Waals surface area contributed by atoms with Crippen molar-refractivity contribution in [1.29, 1.82) is 0 Å². The lowest BCUT2D eigenvalue weighted by molar-refractivity contribution is 0.198. The number of hydrogen-bond acceptors (Lipinski definition) is 3. The Bertz CT molecular complexity index is 394. The molecule has 4 nitrogen and oxygen atoms in total. The van der Waals surface area contributed by atoms with Crippen LogP contribution in [0.1, 0.15) is 11.6 Å². The van der Waals surface area contributed by atoms with E-state index in [1.165, 1.54) is 0 Å². The summed E-state index contributed by atoms with van der Waals surface area (Å²) in [7, 11) is 0. The number of rotatable bonds is 1. The molecular weight excluding hydrogens is 212 g/mol. The number of benzene rings is 1. The van der Waals surface area contributed by atoms with E-state index in [4.69, 9.17) is 5.73 Å². The van der Waals surface area contributed by atoms with Crippen molar-refractivity contribution in [1.82, 2.24) is 4.90 Å². The summed E-state index contributed by atoms with van der Waals surface area (Å²) in [6.07, 6.45) is 0. The lowest BCUT2D eigenvalue weighted by Crippen LogP contribution is -2.37. The van der Waals surface area contributed by atoms with Crippen molar-refractivity contribution in [3.05, 3.63) is 35.9 Å². The van der Waals surface area contributed by atoms with Gasteiger partial charge in [-0.15, -0.1) is 0 Å². The smallest absolute Gasteiger partial charge is 0.322 e. The summed E-state index contributed by atoms with van der Waals surface area (Å²) in [6, 6.07) is 8.52. The molecule has 5 heteroatoms. The van der Waals surface area contributed by atoms with Gasteiger partial charge in [0.1, 0.15) is 0 Å². The third-order valence-corrected chi connectivity index (χ3v) is 3.22. The Morgan fingerprint density at radius 1 is 1.40 bits per heavy atom. The van der Waals surface area contributed by atoms with E-state index < -0.39 is 6.03 Å². The first-order valence-electron chi connectivity index (χ1n) is 4.50. The first-order valence-corrected chi connectivity index (χ1v) is 5.49. The molecule has 0 bridgehead atoms. The Hall–Kier alpha value is -1.49. The van der Waals surface area contributed by atoms with Crippen LogP contribution >= 0.6 is 11.8 Å². The molecule has 1 atom stereocenters. The molecule has 3 amide bonds. The number of nitrogens with two attached hydrogens (primary N) is 1. The van der Waals surface area contributed by atoms with Crippen molar-refractivity contribution in [2.45, 2.75) is 6.04 Å². The minimum Gasteiger partial charge on any atom is -0.351 e. The van der Waals surface area contributed by atoms with Crippen LogP contribution in [-0.4, -0.2) is 21.9 Å². The van der Waals surface area contributed by atoms with E-state index in [1.54, 1.807) is 0 Å². The van der Waals surface area contributed by atoms with Gasteiger partial charge in [-0.05, 0) is 5.56 Å². The summed E-state index contributed by atoms with van der Waals surface area (Å²) in [4.78, 5) is 23.6. The van der Waals surface area contributed by atoms with Crippen molar-refractivity contribution < 1.29 is 9.59 Å².